The topological polar surface area (TPSA) is 115 Å². The number of ether oxygens (including phenoxy) is 1. The number of nitrogens with one attached hydrogen (secondary N) is 3. The number of anilines is 1. The third kappa shape index (κ3) is 10.1. The first-order chi connectivity index (χ1) is 22.5. The first kappa shape index (κ1) is 34.6. The highest BCUT2D eigenvalue weighted by Crippen LogP contribution is 2.24. The summed E-state index contributed by atoms with van der Waals surface area (Å²) < 4.78 is 33.6. The summed E-state index contributed by atoms with van der Waals surface area (Å²) >= 11 is 6.44. The van der Waals surface area contributed by atoms with E-state index in [1.54, 1.807) is 47.5 Å². The Bertz CT molecular complexity index is 1750. The zero-order valence-corrected chi connectivity index (χ0v) is 26.7. The van der Waals surface area contributed by atoms with Crippen molar-refractivity contribution in [3.63, 3.8) is 0 Å². The normalized spacial score (nSPS) is 11.6. The van der Waals surface area contributed by atoms with Crippen LogP contribution in [-0.4, -0.2) is 40.4 Å². The lowest BCUT2D eigenvalue weighted by molar-refractivity contribution is 0.0697. The van der Waals surface area contributed by atoms with Crippen molar-refractivity contribution in [3.05, 3.63) is 130 Å². The van der Waals surface area contributed by atoms with Crippen LogP contribution in [0.3, 0.4) is 0 Å². The van der Waals surface area contributed by atoms with E-state index >= 15 is 0 Å². The molecule has 0 radical (unpaired) electrons. The smallest absolute Gasteiger partial charge is 0.335 e. The molecule has 1 unspecified atom stereocenters. The second kappa shape index (κ2) is 16.4. The van der Waals surface area contributed by atoms with Gasteiger partial charge in [0.05, 0.1) is 17.3 Å². The highest BCUT2D eigenvalue weighted by atomic mass is 35.5. The summed E-state index contributed by atoms with van der Waals surface area (Å²) in [5.41, 5.74) is 2.49. The van der Waals surface area contributed by atoms with Crippen LogP contribution in [0.2, 0.25) is 5.02 Å². The summed E-state index contributed by atoms with van der Waals surface area (Å²) in [4.78, 5) is 25.9. The number of carbonyl (C=O) groups excluding carboxylic acids is 1. The summed E-state index contributed by atoms with van der Waals surface area (Å²) in [6, 6.07) is 19.9. The van der Waals surface area contributed by atoms with Crippen molar-refractivity contribution in [2.45, 2.75) is 39.2 Å². The number of halogens is 3. The van der Waals surface area contributed by atoms with Gasteiger partial charge >= 0.3 is 12.0 Å². The number of nitrogens with zero attached hydrogens (tertiary/aromatic N) is 1. The van der Waals surface area contributed by atoms with Gasteiger partial charge in [-0.2, -0.15) is 0 Å². The van der Waals surface area contributed by atoms with E-state index in [1.165, 1.54) is 12.1 Å². The van der Waals surface area contributed by atoms with Crippen molar-refractivity contribution >= 4 is 41.2 Å². The van der Waals surface area contributed by atoms with Gasteiger partial charge in [0.2, 0.25) is 0 Å². The number of benzene rings is 4. The number of hydrogen-bond donors (Lipinski definition) is 4. The summed E-state index contributed by atoms with van der Waals surface area (Å²) in [6.45, 7) is 4.47. The van der Waals surface area contributed by atoms with Gasteiger partial charge in [-0.05, 0) is 97.1 Å². The lowest BCUT2D eigenvalue weighted by atomic mass is 10.0. The lowest BCUT2D eigenvalue weighted by Crippen LogP contribution is -2.49. The Balaban J connectivity index is 1.56. The molecule has 0 saturated heterocycles. The molecule has 11 heteroatoms. The Morgan fingerprint density at radius 1 is 1.00 bits per heavy atom. The number of carboxylic acid groups (broad SMARTS) is 1. The minimum atomic E-state index is -1.03. The van der Waals surface area contributed by atoms with Gasteiger partial charge in [0.15, 0.2) is 0 Å². The van der Waals surface area contributed by atoms with Crippen molar-refractivity contribution in [1.29, 1.82) is 5.41 Å². The number of amidine groups is 1. The number of aryl methyl sites for hydroxylation is 1. The van der Waals surface area contributed by atoms with Crippen LogP contribution in [0, 0.1) is 24.0 Å². The molecule has 1 atom stereocenters. The van der Waals surface area contributed by atoms with Crippen LogP contribution in [0.5, 0.6) is 11.5 Å². The molecule has 4 aromatic carbocycles. The highest BCUT2D eigenvalue weighted by Gasteiger charge is 2.23. The minimum Gasteiger partial charge on any atom is -0.478 e. The third-order valence-corrected chi connectivity index (χ3v) is 7.49. The van der Waals surface area contributed by atoms with E-state index in [-0.39, 0.29) is 23.5 Å². The molecule has 47 heavy (non-hydrogen) atoms. The summed E-state index contributed by atoms with van der Waals surface area (Å²) in [5.74, 6) is -1.68. The van der Waals surface area contributed by atoms with Gasteiger partial charge in [-0.3, -0.25) is 5.41 Å². The number of rotatable bonds is 13. The maximum Gasteiger partial charge on any atom is 0.335 e. The Hall–Kier alpha value is -5.22. The molecule has 2 amide bonds. The predicted molar refractivity (Wildman–Crippen MR) is 180 cm³/mol. The van der Waals surface area contributed by atoms with E-state index < -0.39 is 29.7 Å². The zero-order valence-electron chi connectivity index (χ0n) is 25.9. The maximum absolute atomic E-state index is 14.3. The first-order valence-electron chi connectivity index (χ1n) is 14.9. The number of hydrogen-bond acceptors (Lipinski definition) is 4. The van der Waals surface area contributed by atoms with Crippen LogP contribution < -0.4 is 15.4 Å². The van der Waals surface area contributed by atoms with Gasteiger partial charge in [-0.25, -0.2) is 18.4 Å². The Labute approximate surface area is 277 Å². The van der Waals surface area contributed by atoms with Crippen molar-refractivity contribution in [3.8, 4) is 11.5 Å². The van der Waals surface area contributed by atoms with Gasteiger partial charge in [0.1, 0.15) is 29.0 Å². The van der Waals surface area contributed by atoms with Crippen LogP contribution in [0.1, 0.15) is 46.8 Å². The van der Waals surface area contributed by atoms with Crippen molar-refractivity contribution < 1.29 is 28.2 Å². The monoisotopic (exact) mass is 660 g/mol. The maximum atomic E-state index is 14.3. The molecule has 4 aromatic rings. The molecule has 0 aliphatic heterocycles. The minimum absolute atomic E-state index is 0.0894. The fourth-order valence-electron chi connectivity index (χ4n) is 4.60. The average Bonchev–Trinajstić information content (AvgIpc) is 3.04. The fourth-order valence-corrected chi connectivity index (χ4v) is 4.89. The van der Waals surface area contributed by atoms with E-state index in [0.717, 1.165) is 41.7 Å². The molecule has 0 heterocycles. The number of urea groups is 1. The summed E-state index contributed by atoms with van der Waals surface area (Å²) in [7, 11) is 0. The molecule has 244 valence electrons. The van der Waals surface area contributed by atoms with Crippen molar-refractivity contribution in [1.82, 2.24) is 10.2 Å². The van der Waals surface area contributed by atoms with Crippen LogP contribution in [0.4, 0.5) is 19.3 Å². The molecule has 0 aromatic heterocycles. The zero-order chi connectivity index (χ0) is 33.9. The predicted octanol–water partition coefficient (Wildman–Crippen LogP) is 8.90. The fraction of sp³-hybridized carbons (Fsp3) is 0.194. The number of carboxylic acids is 1. The molecule has 0 spiro atoms. The van der Waals surface area contributed by atoms with Gasteiger partial charge in [0.25, 0.3) is 0 Å². The Morgan fingerprint density at radius 2 is 1.68 bits per heavy atom. The second-order valence-electron chi connectivity index (χ2n) is 10.8. The summed E-state index contributed by atoms with van der Waals surface area (Å²) in [5, 5.41) is 24.0. The van der Waals surface area contributed by atoms with E-state index in [9.17, 15) is 23.8 Å². The van der Waals surface area contributed by atoms with E-state index in [1.807, 2.05) is 38.1 Å². The van der Waals surface area contributed by atoms with Crippen LogP contribution in [0.25, 0.3) is 6.08 Å². The van der Waals surface area contributed by atoms with Crippen molar-refractivity contribution in [2.75, 3.05) is 11.9 Å². The van der Waals surface area contributed by atoms with E-state index in [4.69, 9.17) is 21.4 Å². The third-order valence-electron chi connectivity index (χ3n) is 7.17. The second-order valence-corrected chi connectivity index (χ2v) is 11.2. The molecule has 0 aliphatic rings. The SMILES string of the molecule is CCCCN(/C=C/c1ccc(C)cc1Cl)C(=N)C(Cc1ccc(Oc2ccc(C(=O)O)cc2)cc1)NC(=O)Nc1ccc(F)cc1F. The van der Waals surface area contributed by atoms with Crippen molar-refractivity contribution in [2.24, 2.45) is 0 Å². The molecule has 0 fully saturated rings. The molecule has 4 rings (SSSR count). The molecule has 8 nitrogen and oxygen atoms in total. The van der Waals surface area contributed by atoms with E-state index in [2.05, 4.69) is 10.6 Å². The molecule has 0 aliphatic carbocycles. The molecular formula is C36H35ClF2N4O4. The van der Waals surface area contributed by atoms with E-state index in [0.29, 0.717) is 29.1 Å². The number of amides is 2. The number of carbonyl (C=O) groups is 2. The molecule has 0 saturated carbocycles. The number of aromatic carboxylic acids is 1. The van der Waals surface area contributed by atoms with Gasteiger partial charge in [-0.1, -0.05) is 49.2 Å². The average molecular weight is 661 g/mol. The van der Waals surface area contributed by atoms with Gasteiger partial charge < -0.3 is 25.4 Å². The van der Waals surface area contributed by atoms with Gasteiger partial charge in [0, 0.05) is 23.8 Å². The molecule has 4 N–H and O–H groups in total. The van der Waals surface area contributed by atoms with Crippen LogP contribution in [0.15, 0.2) is 91.1 Å². The largest absolute Gasteiger partial charge is 0.478 e. The van der Waals surface area contributed by atoms with Gasteiger partial charge in [-0.15, -0.1) is 0 Å². The highest BCUT2D eigenvalue weighted by molar-refractivity contribution is 6.32. The van der Waals surface area contributed by atoms with Crippen LogP contribution >= 0.6 is 11.6 Å². The lowest BCUT2D eigenvalue weighted by Gasteiger charge is -2.28. The quantitative estimate of drug-likeness (QED) is 0.0845. The molecular weight excluding hydrogens is 626 g/mol. The summed E-state index contributed by atoms with van der Waals surface area (Å²) in [6.07, 6.45) is 5.41. The number of unbranched alkanes of at least 4 members (excludes halogenated alkanes) is 1. The Kier molecular flexibility index (Phi) is 12.1. The molecule has 0 bridgehead atoms. The Morgan fingerprint density at radius 3 is 2.30 bits per heavy atom. The van der Waals surface area contributed by atoms with Crippen LogP contribution in [-0.2, 0) is 6.42 Å². The standard InChI is InChI=1S/C36H35ClF2N4O4/c1-3-4-18-43(19-17-25-8-5-23(2)20-30(25)37)34(40)33(42-36(46)41-32-16-11-27(38)22-31(32)39)21-24-6-12-28(13-7-24)47-29-14-9-26(10-15-29)35(44)45/h5-17,19-20,22,33,40H,3-4,18,21H2,1-2H3,(H,44,45)(H2,41,42,46)/b19-17+,40-34?. The first-order valence-corrected chi connectivity index (χ1v) is 15.3.